The van der Waals surface area contributed by atoms with Gasteiger partial charge in [0.05, 0.1) is 25.4 Å². The lowest BCUT2D eigenvalue weighted by Crippen LogP contribution is -2.45. The summed E-state index contributed by atoms with van der Waals surface area (Å²) >= 11 is 0. The zero-order valence-electron chi connectivity index (χ0n) is 50.5. The first-order valence-corrected chi connectivity index (χ1v) is 33.7. The molecule has 0 spiro atoms. The van der Waals surface area contributed by atoms with Gasteiger partial charge in [0.1, 0.15) is 0 Å². The van der Waals surface area contributed by atoms with Crippen LogP contribution in [0.4, 0.5) is 0 Å². The zero-order chi connectivity index (χ0) is 54.3. The summed E-state index contributed by atoms with van der Waals surface area (Å²) < 4.78 is 5.48. The molecule has 0 fully saturated rings. The molecule has 0 bridgehead atoms. The summed E-state index contributed by atoms with van der Waals surface area (Å²) in [6.07, 6.45) is 81.7. The van der Waals surface area contributed by atoms with Gasteiger partial charge in [-0.25, -0.2) is 0 Å². The Morgan fingerprint density at radius 1 is 0.373 bits per heavy atom. The van der Waals surface area contributed by atoms with Crippen LogP contribution in [-0.2, 0) is 14.3 Å². The molecule has 6 nitrogen and oxygen atoms in total. The molecule has 0 saturated carbocycles. The van der Waals surface area contributed by atoms with E-state index in [0.717, 1.165) is 83.5 Å². The molecule has 0 aromatic rings. The number of hydrogen-bond acceptors (Lipinski definition) is 5. The molecule has 6 heteroatoms. The van der Waals surface area contributed by atoms with Gasteiger partial charge in [-0.05, 0) is 89.9 Å². The average molecular weight is 1050 g/mol. The van der Waals surface area contributed by atoms with Crippen LogP contribution in [0.3, 0.4) is 0 Å². The van der Waals surface area contributed by atoms with E-state index in [2.05, 4.69) is 55.6 Å². The summed E-state index contributed by atoms with van der Waals surface area (Å²) in [5, 5.41) is 23.4. The van der Waals surface area contributed by atoms with Gasteiger partial charge in [-0.1, -0.05) is 301 Å². The third-order valence-electron chi connectivity index (χ3n) is 15.7. The highest BCUT2D eigenvalue weighted by molar-refractivity contribution is 5.76. The average Bonchev–Trinajstić information content (AvgIpc) is 3.41. The molecule has 2 atom stereocenters. The van der Waals surface area contributed by atoms with Crippen molar-refractivity contribution in [1.82, 2.24) is 5.32 Å². The van der Waals surface area contributed by atoms with Crippen molar-refractivity contribution in [2.75, 3.05) is 13.2 Å². The lowest BCUT2D eigenvalue weighted by Gasteiger charge is -2.22. The highest BCUT2D eigenvalue weighted by Crippen LogP contribution is 2.18. The number of nitrogens with one attached hydrogen (secondary N) is 1. The van der Waals surface area contributed by atoms with E-state index in [1.807, 2.05) is 0 Å². The molecule has 75 heavy (non-hydrogen) atoms. The fourth-order valence-corrected chi connectivity index (χ4v) is 10.5. The molecule has 0 aliphatic heterocycles. The van der Waals surface area contributed by atoms with Crippen LogP contribution in [-0.4, -0.2) is 47.4 Å². The van der Waals surface area contributed by atoms with Crippen molar-refractivity contribution in [1.29, 1.82) is 0 Å². The largest absolute Gasteiger partial charge is 0.466 e. The number of ether oxygens (including phenoxy) is 1. The van der Waals surface area contributed by atoms with E-state index in [1.54, 1.807) is 0 Å². The van der Waals surface area contributed by atoms with Crippen LogP contribution >= 0.6 is 0 Å². The van der Waals surface area contributed by atoms with Gasteiger partial charge in [0.25, 0.3) is 0 Å². The second-order valence-corrected chi connectivity index (χ2v) is 23.1. The highest BCUT2D eigenvalue weighted by atomic mass is 16.5. The van der Waals surface area contributed by atoms with Crippen molar-refractivity contribution < 1.29 is 24.5 Å². The van der Waals surface area contributed by atoms with Crippen LogP contribution in [0.15, 0.2) is 36.5 Å². The Bertz CT molecular complexity index is 1210. The van der Waals surface area contributed by atoms with E-state index >= 15 is 0 Å². The Kier molecular flexibility index (Phi) is 63.0. The fraction of sp³-hybridized carbons (Fsp3) is 0.884. The van der Waals surface area contributed by atoms with E-state index < -0.39 is 12.1 Å². The highest BCUT2D eigenvalue weighted by Gasteiger charge is 2.20. The molecule has 0 aromatic carbocycles. The maximum atomic E-state index is 12.5. The van der Waals surface area contributed by atoms with E-state index in [4.69, 9.17) is 4.74 Å². The second kappa shape index (κ2) is 64.6. The number of aliphatic hydroxyl groups excluding tert-OH is 2. The van der Waals surface area contributed by atoms with Crippen molar-refractivity contribution in [2.45, 2.75) is 379 Å². The number of carbonyl (C=O) groups excluding carboxylic acids is 2. The van der Waals surface area contributed by atoms with Gasteiger partial charge in [-0.3, -0.25) is 9.59 Å². The molecule has 0 heterocycles. The standard InChI is InChI=1S/C69H131NO5/c1-3-5-7-9-11-13-15-17-19-21-23-24-25-27-29-33-37-41-45-49-53-57-61-67(72)66(65-71)70-68(73)62-58-54-50-46-42-38-34-30-28-32-36-40-44-48-52-56-60-64-75-69(74)63-59-55-51-47-43-39-35-31-26-22-20-18-16-14-12-10-8-6-4-2/h18,20,28,32,40,44,66-67,71-72H,3-17,19,21-27,29-31,33-39,41-43,45-65H2,1-2H3,(H,70,73)/b20-18-,32-28-,44-40-. The number of unbranched alkanes of at least 4 members (excludes halogenated alkanes) is 46. The van der Waals surface area contributed by atoms with E-state index in [1.165, 1.54) is 250 Å². The molecular weight excluding hydrogens is 923 g/mol. The first-order valence-electron chi connectivity index (χ1n) is 33.7. The Morgan fingerprint density at radius 3 is 1.03 bits per heavy atom. The maximum Gasteiger partial charge on any atom is 0.305 e. The third kappa shape index (κ3) is 61.2. The second-order valence-electron chi connectivity index (χ2n) is 23.1. The molecule has 0 aliphatic rings. The molecule has 442 valence electrons. The maximum absolute atomic E-state index is 12.5. The number of hydrogen-bond donors (Lipinski definition) is 3. The molecule has 2 unspecified atom stereocenters. The zero-order valence-corrected chi connectivity index (χ0v) is 50.5. The molecular formula is C69H131NO5. The molecule has 0 radical (unpaired) electrons. The topological polar surface area (TPSA) is 95.9 Å². The summed E-state index contributed by atoms with van der Waals surface area (Å²) in [7, 11) is 0. The Hall–Kier alpha value is -1.92. The number of allylic oxidation sites excluding steroid dienone is 6. The first-order chi connectivity index (χ1) is 37.0. The Labute approximate surface area is 468 Å². The van der Waals surface area contributed by atoms with Gasteiger partial charge < -0.3 is 20.3 Å². The quantitative estimate of drug-likeness (QED) is 0.0320. The third-order valence-corrected chi connectivity index (χ3v) is 15.7. The Morgan fingerprint density at radius 2 is 0.667 bits per heavy atom. The lowest BCUT2D eigenvalue weighted by atomic mass is 10.0. The number of amides is 1. The lowest BCUT2D eigenvalue weighted by molar-refractivity contribution is -0.143. The Balaban J connectivity index is 3.47. The summed E-state index contributed by atoms with van der Waals surface area (Å²) in [4.78, 5) is 24.6. The predicted octanol–water partition coefficient (Wildman–Crippen LogP) is 21.5. The van der Waals surface area contributed by atoms with Crippen molar-refractivity contribution in [3.05, 3.63) is 36.5 Å². The monoisotopic (exact) mass is 1050 g/mol. The van der Waals surface area contributed by atoms with Crippen molar-refractivity contribution in [3.63, 3.8) is 0 Å². The van der Waals surface area contributed by atoms with Crippen LogP contribution in [0.5, 0.6) is 0 Å². The van der Waals surface area contributed by atoms with Crippen molar-refractivity contribution in [2.24, 2.45) is 0 Å². The van der Waals surface area contributed by atoms with Gasteiger partial charge in [-0.2, -0.15) is 0 Å². The van der Waals surface area contributed by atoms with Gasteiger partial charge in [0.15, 0.2) is 0 Å². The van der Waals surface area contributed by atoms with Gasteiger partial charge in [-0.15, -0.1) is 0 Å². The number of esters is 1. The van der Waals surface area contributed by atoms with Crippen LogP contribution < -0.4 is 5.32 Å². The molecule has 0 aromatic heterocycles. The van der Waals surface area contributed by atoms with E-state index in [-0.39, 0.29) is 18.5 Å². The normalized spacial score (nSPS) is 12.7. The summed E-state index contributed by atoms with van der Waals surface area (Å²) in [5.74, 6) is -0.0629. The van der Waals surface area contributed by atoms with Crippen molar-refractivity contribution >= 4 is 11.9 Å². The number of aliphatic hydroxyl groups is 2. The summed E-state index contributed by atoms with van der Waals surface area (Å²) in [6, 6.07) is -0.555. The van der Waals surface area contributed by atoms with Crippen LogP contribution in [0.2, 0.25) is 0 Å². The SMILES string of the molecule is CCCCCCCC/C=C\CCCCCCCCCCCC(=O)OCCCCC/C=C\C/C=C\CCCCCCCCCC(=O)NC(CO)C(O)CCCCCCCCCCCCCCCCCCCCCCCC. The molecule has 0 aliphatic carbocycles. The molecule has 0 rings (SSSR count). The van der Waals surface area contributed by atoms with Crippen LogP contribution in [0.25, 0.3) is 0 Å². The minimum atomic E-state index is -0.677. The number of carbonyl (C=O) groups is 2. The van der Waals surface area contributed by atoms with E-state index in [0.29, 0.717) is 25.9 Å². The van der Waals surface area contributed by atoms with Crippen LogP contribution in [0.1, 0.15) is 367 Å². The van der Waals surface area contributed by atoms with E-state index in [9.17, 15) is 19.8 Å². The van der Waals surface area contributed by atoms with Crippen LogP contribution in [0, 0.1) is 0 Å². The summed E-state index contributed by atoms with van der Waals surface area (Å²) in [5.41, 5.74) is 0. The summed E-state index contributed by atoms with van der Waals surface area (Å²) in [6.45, 7) is 4.93. The predicted molar refractivity (Wildman–Crippen MR) is 329 cm³/mol. The molecule has 1 amide bonds. The minimum absolute atomic E-state index is 0.0151. The minimum Gasteiger partial charge on any atom is -0.466 e. The molecule has 3 N–H and O–H groups in total. The van der Waals surface area contributed by atoms with Crippen molar-refractivity contribution in [3.8, 4) is 0 Å². The fourth-order valence-electron chi connectivity index (χ4n) is 10.5. The van der Waals surface area contributed by atoms with Gasteiger partial charge in [0.2, 0.25) is 5.91 Å². The smallest absolute Gasteiger partial charge is 0.305 e. The van der Waals surface area contributed by atoms with Gasteiger partial charge >= 0.3 is 5.97 Å². The first kappa shape index (κ1) is 73.1. The molecule has 0 saturated heterocycles. The number of rotatable bonds is 63. The van der Waals surface area contributed by atoms with Gasteiger partial charge in [0, 0.05) is 12.8 Å².